The minimum atomic E-state index is 0.0373. The number of amides is 1. The van der Waals surface area contributed by atoms with Crippen LogP contribution < -0.4 is 4.90 Å². The van der Waals surface area contributed by atoms with Crippen LogP contribution in [-0.2, 0) is 17.4 Å². The van der Waals surface area contributed by atoms with Gasteiger partial charge in [0.05, 0.1) is 0 Å². The molecule has 1 amide bonds. The lowest BCUT2D eigenvalue weighted by Crippen LogP contribution is -2.45. The second kappa shape index (κ2) is 9.22. The Morgan fingerprint density at radius 3 is 2.34 bits per heavy atom. The highest BCUT2D eigenvalue weighted by Crippen LogP contribution is 2.48. The van der Waals surface area contributed by atoms with Crippen LogP contribution in [0, 0.1) is 6.92 Å². The molecule has 0 bridgehead atoms. The molecule has 2 aliphatic rings. The monoisotopic (exact) mass is 530 g/mol. The van der Waals surface area contributed by atoms with Crippen LogP contribution in [0.5, 0.6) is 0 Å². The first kappa shape index (κ1) is 24.3. The number of hydrogen-bond acceptors (Lipinski definition) is 2. The average Bonchev–Trinajstić information content (AvgIpc) is 3.13. The average molecular weight is 532 g/mol. The predicted octanol–water partition coefficient (Wildman–Crippen LogP) is 7.25. The van der Waals surface area contributed by atoms with Crippen molar-refractivity contribution in [3.8, 4) is 0 Å². The summed E-state index contributed by atoms with van der Waals surface area (Å²) in [5.74, 6) is 0.0923. The summed E-state index contributed by atoms with van der Waals surface area (Å²) < 4.78 is 0.935. The number of carbonyl (C=O) groups is 1. The maximum atomic E-state index is 13.6. The number of hydrogen-bond donors (Lipinski definition) is 0. The third-order valence-corrected chi connectivity index (χ3v) is 8.32. The molecule has 0 atom stereocenters. The molecule has 2 aliphatic heterocycles. The largest absolute Gasteiger partial charge is 0.307 e. The summed E-state index contributed by atoms with van der Waals surface area (Å²) >= 11 is 3.52. The Morgan fingerprint density at radius 1 is 0.971 bits per heavy atom. The number of nitrogens with zero attached hydrogens (tertiary/aromatic N) is 2. The normalized spacial score (nSPS) is 17.6. The number of anilines is 1. The zero-order chi connectivity index (χ0) is 24.8. The third-order valence-electron chi connectivity index (χ3n) is 7.83. The Kier molecular flexibility index (Phi) is 6.39. The van der Waals surface area contributed by atoms with Crippen LogP contribution >= 0.6 is 15.9 Å². The maximum absolute atomic E-state index is 13.6. The number of piperidine rings is 1. The van der Waals surface area contributed by atoms with Crippen molar-refractivity contribution in [2.24, 2.45) is 0 Å². The molecule has 1 fully saturated rings. The van der Waals surface area contributed by atoms with Crippen LogP contribution in [-0.4, -0.2) is 30.4 Å². The SMILES string of the molecule is Cc1ccc2c(c1)C1(CCN(Cc3ccc(C(C)(C)C)cc3)CC1)CN2C(=O)c1cccc(Br)c1. The zero-order valence-corrected chi connectivity index (χ0v) is 22.9. The summed E-state index contributed by atoms with van der Waals surface area (Å²) in [6, 6.07) is 23.5. The Labute approximate surface area is 218 Å². The van der Waals surface area contributed by atoms with Crippen LogP contribution in [0.1, 0.15) is 66.2 Å². The molecule has 0 aliphatic carbocycles. The maximum Gasteiger partial charge on any atom is 0.258 e. The molecule has 4 heteroatoms. The molecule has 0 aromatic heterocycles. The topological polar surface area (TPSA) is 23.6 Å². The van der Waals surface area contributed by atoms with E-state index in [1.807, 2.05) is 29.2 Å². The van der Waals surface area contributed by atoms with Gasteiger partial charge in [0.1, 0.15) is 0 Å². The van der Waals surface area contributed by atoms with Crippen molar-refractivity contribution in [2.45, 2.75) is 57.9 Å². The summed E-state index contributed by atoms with van der Waals surface area (Å²) in [6.07, 6.45) is 2.15. The van der Waals surface area contributed by atoms with Gasteiger partial charge in [-0.2, -0.15) is 0 Å². The Morgan fingerprint density at radius 2 is 1.69 bits per heavy atom. The van der Waals surface area contributed by atoms with Gasteiger partial charge in [-0.15, -0.1) is 0 Å². The summed E-state index contributed by atoms with van der Waals surface area (Å²) in [7, 11) is 0. The van der Waals surface area contributed by atoms with E-state index in [0.717, 1.165) is 54.7 Å². The van der Waals surface area contributed by atoms with E-state index in [2.05, 4.69) is 91.0 Å². The van der Waals surface area contributed by atoms with Crippen molar-refractivity contribution in [1.82, 2.24) is 4.90 Å². The molecule has 35 heavy (non-hydrogen) atoms. The van der Waals surface area contributed by atoms with Gasteiger partial charge in [-0.3, -0.25) is 9.69 Å². The summed E-state index contributed by atoms with van der Waals surface area (Å²) in [5, 5.41) is 0. The molecule has 0 radical (unpaired) electrons. The van der Waals surface area contributed by atoms with Gasteiger partial charge in [-0.25, -0.2) is 0 Å². The van der Waals surface area contributed by atoms with Crippen molar-refractivity contribution < 1.29 is 4.79 Å². The van der Waals surface area contributed by atoms with Gasteiger partial charge in [0.25, 0.3) is 5.91 Å². The van der Waals surface area contributed by atoms with E-state index in [0.29, 0.717) is 0 Å². The van der Waals surface area contributed by atoms with Crippen molar-refractivity contribution in [1.29, 1.82) is 0 Å². The van der Waals surface area contributed by atoms with Crippen LogP contribution in [0.4, 0.5) is 5.69 Å². The highest BCUT2D eigenvalue weighted by atomic mass is 79.9. The summed E-state index contributed by atoms with van der Waals surface area (Å²) in [5.41, 5.74) is 7.43. The van der Waals surface area contributed by atoms with Gasteiger partial charge in [0, 0.05) is 34.2 Å². The van der Waals surface area contributed by atoms with E-state index < -0.39 is 0 Å². The Bertz CT molecular complexity index is 1230. The Hall–Kier alpha value is -2.43. The minimum absolute atomic E-state index is 0.0373. The van der Waals surface area contributed by atoms with Crippen molar-refractivity contribution >= 4 is 27.5 Å². The number of carbonyl (C=O) groups excluding carboxylic acids is 1. The summed E-state index contributed by atoms with van der Waals surface area (Å²) in [6.45, 7) is 12.8. The first-order valence-electron chi connectivity index (χ1n) is 12.7. The zero-order valence-electron chi connectivity index (χ0n) is 21.3. The lowest BCUT2D eigenvalue weighted by molar-refractivity contribution is 0.0975. The first-order chi connectivity index (χ1) is 16.6. The van der Waals surface area contributed by atoms with E-state index in [-0.39, 0.29) is 16.7 Å². The van der Waals surface area contributed by atoms with Gasteiger partial charge in [-0.05, 0) is 79.2 Å². The van der Waals surface area contributed by atoms with Crippen LogP contribution in [0.2, 0.25) is 0 Å². The van der Waals surface area contributed by atoms with Crippen molar-refractivity contribution in [2.75, 3.05) is 24.5 Å². The number of rotatable bonds is 3. The van der Waals surface area contributed by atoms with Gasteiger partial charge >= 0.3 is 0 Å². The fourth-order valence-electron chi connectivity index (χ4n) is 5.68. The number of benzene rings is 3. The van der Waals surface area contributed by atoms with E-state index in [1.54, 1.807) is 0 Å². The summed E-state index contributed by atoms with van der Waals surface area (Å²) in [4.78, 5) is 18.2. The molecule has 2 heterocycles. The van der Waals surface area contributed by atoms with Gasteiger partial charge in [0.2, 0.25) is 0 Å². The second-order valence-electron chi connectivity index (χ2n) is 11.4. The molecular formula is C31H35BrN2O. The minimum Gasteiger partial charge on any atom is -0.307 e. The number of halogens is 1. The highest BCUT2D eigenvalue weighted by Gasteiger charge is 2.46. The second-order valence-corrected chi connectivity index (χ2v) is 12.3. The molecule has 3 aromatic carbocycles. The molecule has 1 spiro atoms. The molecule has 0 saturated carbocycles. The van der Waals surface area contributed by atoms with Gasteiger partial charge in [0.15, 0.2) is 0 Å². The molecule has 3 aromatic rings. The molecular weight excluding hydrogens is 496 g/mol. The van der Waals surface area contributed by atoms with Gasteiger partial charge < -0.3 is 4.90 Å². The van der Waals surface area contributed by atoms with Crippen molar-refractivity contribution in [3.05, 3.63) is 99.0 Å². The highest BCUT2D eigenvalue weighted by molar-refractivity contribution is 9.10. The number of aryl methyl sites for hydroxylation is 1. The number of likely N-dealkylation sites (tertiary alicyclic amines) is 1. The predicted molar refractivity (Wildman–Crippen MR) is 148 cm³/mol. The third kappa shape index (κ3) is 4.83. The lowest BCUT2D eigenvalue weighted by atomic mass is 9.74. The van der Waals surface area contributed by atoms with E-state index in [1.165, 1.54) is 22.3 Å². The molecule has 0 N–H and O–H groups in total. The molecule has 0 unspecified atom stereocenters. The fraction of sp³-hybridized carbons (Fsp3) is 0.387. The Balaban J connectivity index is 1.34. The lowest BCUT2D eigenvalue weighted by Gasteiger charge is -2.40. The van der Waals surface area contributed by atoms with Crippen LogP contribution in [0.15, 0.2) is 71.2 Å². The van der Waals surface area contributed by atoms with Crippen LogP contribution in [0.3, 0.4) is 0 Å². The van der Waals surface area contributed by atoms with E-state index in [4.69, 9.17) is 0 Å². The van der Waals surface area contributed by atoms with Crippen LogP contribution in [0.25, 0.3) is 0 Å². The quantitative estimate of drug-likeness (QED) is 0.356. The van der Waals surface area contributed by atoms with Gasteiger partial charge in [-0.1, -0.05) is 84.7 Å². The van der Waals surface area contributed by atoms with E-state index in [9.17, 15) is 4.79 Å². The molecule has 1 saturated heterocycles. The molecule has 5 rings (SSSR count). The smallest absolute Gasteiger partial charge is 0.258 e. The standard InChI is InChI=1S/C31H35BrN2O/c1-22-8-13-28-27(18-22)31(21-34(28)29(35)24-6-5-7-26(32)19-24)14-16-33(17-15-31)20-23-9-11-25(12-10-23)30(2,3)4/h5-13,18-19H,14-17,20-21H2,1-4H3. The van der Waals surface area contributed by atoms with Crippen molar-refractivity contribution in [3.63, 3.8) is 0 Å². The first-order valence-corrected chi connectivity index (χ1v) is 13.4. The fourth-order valence-corrected chi connectivity index (χ4v) is 6.08. The number of fused-ring (bicyclic) bond motifs is 2. The molecule has 3 nitrogen and oxygen atoms in total. The van der Waals surface area contributed by atoms with E-state index >= 15 is 0 Å². The molecule has 182 valence electrons.